The first-order chi connectivity index (χ1) is 17.3. The molecule has 2 aromatic carbocycles. The van der Waals surface area contributed by atoms with Crippen molar-refractivity contribution in [1.82, 2.24) is 9.88 Å². The van der Waals surface area contributed by atoms with Crippen LogP contribution in [-0.2, 0) is 9.59 Å². The maximum atomic E-state index is 14.4. The molecule has 5 nitrogen and oxygen atoms in total. The number of carboxylic acids is 1. The standard InChI is InChI=1S/C29H28Cl2N2O3/c1-29(17-25(34)35)16-23(20-5-4-6-22(31)15-20)26(18-10-12-21(30)13-11-18)33(28(29)36)27(19-8-9-19)24-7-2-3-14-32-24/h2-7,10-15,19,23,26-27H,8-9,16-17H2,1H3,(H,34,35)/t23-,26-,27?,29-/m1/s1. The molecule has 1 aromatic heterocycles. The van der Waals surface area contributed by atoms with E-state index in [9.17, 15) is 14.7 Å². The highest BCUT2D eigenvalue weighted by molar-refractivity contribution is 6.30. The van der Waals surface area contributed by atoms with Crippen LogP contribution in [0.1, 0.15) is 67.4 Å². The molecule has 5 rings (SSSR count). The molecule has 1 aliphatic carbocycles. The van der Waals surface area contributed by atoms with E-state index in [1.54, 1.807) is 13.1 Å². The van der Waals surface area contributed by atoms with Crippen molar-refractivity contribution in [2.45, 2.75) is 50.6 Å². The zero-order valence-corrected chi connectivity index (χ0v) is 21.5. The summed E-state index contributed by atoms with van der Waals surface area (Å²) in [5.74, 6) is -1.03. The quantitative estimate of drug-likeness (QED) is 0.359. The molecule has 1 unspecified atom stereocenters. The molecular formula is C29H28Cl2N2O3. The second-order valence-electron chi connectivity index (χ2n) is 10.2. The highest BCUT2D eigenvalue weighted by atomic mass is 35.5. The first kappa shape index (κ1) is 24.8. The first-order valence-electron chi connectivity index (χ1n) is 12.2. The zero-order valence-electron chi connectivity index (χ0n) is 20.0. The number of halogens is 2. The van der Waals surface area contributed by atoms with Gasteiger partial charge in [0.05, 0.1) is 29.6 Å². The first-order valence-corrected chi connectivity index (χ1v) is 13.0. The van der Waals surface area contributed by atoms with Gasteiger partial charge in [-0.2, -0.15) is 0 Å². The lowest BCUT2D eigenvalue weighted by atomic mass is 9.66. The van der Waals surface area contributed by atoms with E-state index in [2.05, 4.69) is 4.98 Å². The number of aliphatic carboxylic acids is 1. The lowest BCUT2D eigenvalue weighted by Crippen LogP contribution is -2.54. The van der Waals surface area contributed by atoms with Gasteiger partial charge in [-0.1, -0.05) is 60.5 Å². The Hall–Kier alpha value is -2.89. The summed E-state index contributed by atoms with van der Waals surface area (Å²) in [7, 11) is 0. The van der Waals surface area contributed by atoms with Crippen LogP contribution in [0.25, 0.3) is 0 Å². The predicted octanol–water partition coefficient (Wildman–Crippen LogP) is 7.08. The lowest BCUT2D eigenvalue weighted by molar-refractivity contribution is -0.161. The zero-order chi connectivity index (χ0) is 25.4. The Balaban J connectivity index is 1.73. The van der Waals surface area contributed by atoms with Crippen LogP contribution in [0.2, 0.25) is 10.0 Å². The molecule has 36 heavy (non-hydrogen) atoms. The van der Waals surface area contributed by atoms with Gasteiger partial charge in [0.1, 0.15) is 0 Å². The summed E-state index contributed by atoms with van der Waals surface area (Å²) in [4.78, 5) is 33.0. The number of rotatable bonds is 7. The third-order valence-electron chi connectivity index (χ3n) is 7.49. The monoisotopic (exact) mass is 522 g/mol. The minimum Gasteiger partial charge on any atom is -0.481 e. The molecule has 0 bridgehead atoms. The van der Waals surface area contributed by atoms with E-state index in [4.69, 9.17) is 23.2 Å². The number of piperidine rings is 1. The maximum absolute atomic E-state index is 14.4. The van der Waals surface area contributed by atoms with Crippen molar-refractivity contribution in [3.05, 3.63) is 99.8 Å². The fraction of sp³-hybridized carbons (Fsp3) is 0.345. The van der Waals surface area contributed by atoms with E-state index in [1.165, 1.54) is 0 Å². The molecule has 4 atom stereocenters. The molecule has 2 fully saturated rings. The molecule has 1 N–H and O–H groups in total. The minimum atomic E-state index is -1.08. The Morgan fingerprint density at radius 1 is 1.06 bits per heavy atom. The van der Waals surface area contributed by atoms with Crippen LogP contribution in [0.4, 0.5) is 0 Å². The predicted molar refractivity (Wildman–Crippen MR) is 140 cm³/mol. The van der Waals surface area contributed by atoms with E-state index in [0.717, 1.165) is 29.7 Å². The van der Waals surface area contributed by atoms with Crippen molar-refractivity contribution in [1.29, 1.82) is 0 Å². The van der Waals surface area contributed by atoms with Crippen LogP contribution < -0.4 is 0 Å². The van der Waals surface area contributed by atoms with Gasteiger partial charge in [0.15, 0.2) is 0 Å². The molecule has 1 saturated heterocycles. The van der Waals surface area contributed by atoms with E-state index in [-0.39, 0.29) is 36.2 Å². The third kappa shape index (κ3) is 4.87. The lowest BCUT2D eigenvalue weighted by Gasteiger charge is -2.52. The fourth-order valence-corrected chi connectivity index (χ4v) is 6.09. The molecule has 186 valence electrons. The van der Waals surface area contributed by atoms with E-state index in [1.807, 2.05) is 71.6 Å². The van der Waals surface area contributed by atoms with Crippen molar-refractivity contribution in [2.24, 2.45) is 11.3 Å². The van der Waals surface area contributed by atoms with Gasteiger partial charge in [0.25, 0.3) is 0 Å². The van der Waals surface area contributed by atoms with Crippen LogP contribution in [0.15, 0.2) is 72.9 Å². The largest absolute Gasteiger partial charge is 0.481 e. The second kappa shape index (κ2) is 9.87. The van der Waals surface area contributed by atoms with Crippen molar-refractivity contribution < 1.29 is 14.7 Å². The number of pyridine rings is 1. The normalized spacial score (nSPS) is 25.0. The van der Waals surface area contributed by atoms with Gasteiger partial charge in [-0.15, -0.1) is 0 Å². The number of hydrogen-bond donors (Lipinski definition) is 1. The molecule has 7 heteroatoms. The van der Waals surface area contributed by atoms with Gasteiger partial charge in [-0.05, 0) is 72.7 Å². The number of amides is 1. The highest BCUT2D eigenvalue weighted by Crippen LogP contribution is 2.57. The average molecular weight is 523 g/mol. The number of carbonyl (C=O) groups excluding carboxylic acids is 1. The number of carbonyl (C=O) groups is 2. The Labute approximate surface area is 221 Å². The van der Waals surface area contributed by atoms with Crippen molar-refractivity contribution in [2.75, 3.05) is 0 Å². The smallest absolute Gasteiger partial charge is 0.304 e. The molecule has 2 aliphatic rings. The Morgan fingerprint density at radius 3 is 2.42 bits per heavy atom. The van der Waals surface area contributed by atoms with Crippen LogP contribution in [0.5, 0.6) is 0 Å². The number of aromatic nitrogens is 1. The maximum Gasteiger partial charge on any atom is 0.304 e. The van der Waals surface area contributed by atoms with Gasteiger partial charge in [0.2, 0.25) is 5.91 Å². The highest BCUT2D eigenvalue weighted by Gasteiger charge is 2.55. The van der Waals surface area contributed by atoms with Crippen molar-refractivity contribution in [3.63, 3.8) is 0 Å². The second-order valence-corrected chi connectivity index (χ2v) is 11.1. The van der Waals surface area contributed by atoms with E-state index in [0.29, 0.717) is 16.5 Å². The summed E-state index contributed by atoms with van der Waals surface area (Å²) in [5, 5.41) is 11.0. The number of benzene rings is 2. The summed E-state index contributed by atoms with van der Waals surface area (Å²) in [6.45, 7) is 1.79. The van der Waals surface area contributed by atoms with Crippen LogP contribution in [-0.4, -0.2) is 26.9 Å². The van der Waals surface area contributed by atoms with Crippen molar-refractivity contribution >= 4 is 35.1 Å². The molecule has 0 radical (unpaired) electrons. The molecule has 1 aliphatic heterocycles. The Bertz CT molecular complexity index is 1260. The van der Waals surface area contributed by atoms with E-state index < -0.39 is 11.4 Å². The summed E-state index contributed by atoms with van der Waals surface area (Å²) < 4.78 is 0. The van der Waals surface area contributed by atoms with Gasteiger partial charge in [-0.3, -0.25) is 14.6 Å². The number of hydrogen-bond acceptors (Lipinski definition) is 3. The molecular weight excluding hydrogens is 495 g/mol. The van der Waals surface area contributed by atoms with Gasteiger partial charge >= 0.3 is 5.97 Å². The number of likely N-dealkylation sites (tertiary alicyclic amines) is 1. The fourth-order valence-electron chi connectivity index (χ4n) is 5.76. The molecule has 1 amide bonds. The van der Waals surface area contributed by atoms with Crippen molar-refractivity contribution in [3.8, 4) is 0 Å². The number of nitrogens with zero attached hydrogens (tertiary/aromatic N) is 2. The summed E-state index contributed by atoms with van der Waals surface area (Å²) in [5.41, 5.74) is 1.68. The van der Waals surface area contributed by atoms with Crippen LogP contribution >= 0.6 is 23.2 Å². The van der Waals surface area contributed by atoms with Crippen LogP contribution in [0.3, 0.4) is 0 Å². The third-order valence-corrected chi connectivity index (χ3v) is 7.98. The van der Waals surface area contributed by atoms with E-state index >= 15 is 0 Å². The molecule has 1 saturated carbocycles. The molecule has 3 aromatic rings. The Kier molecular flexibility index (Phi) is 6.80. The molecule has 0 spiro atoms. The topological polar surface area (TPSA) is 70.5 Å². The average Bonchev–Trinajstić information content (AvgIpc) is 3.68. The van der Waals surface area contributed by atoms with Crippen LogP contribution in [0, 0.1) is 11.3 Å². The summed E-state index contributed by atoms with van der Waals surface area (Å²) in [6.07, 6.45) is 3.89. The van der Waals surface area contributed by atoms with Gasteiger partial charge in [0, 0.05) is 22.2 Å². The van der Waals surface area contributed by atoms with Gasteiger partial charge in [-0.25, -0.2) is 0 Å². The number of carboxylic acid groups (broad SMARTS) is 1. The minimum absolute atomic E-state index is 0.148. The van der Waals surface area contributed by atoms with Gasteiger partial charge < -0.3 is 10.0 Å². The molecule has 2 heterocycles. The SMILES string of the molecule is C[C@]1(CC(=O)O)C[C@H](c2cccc(Cl)c2)[C@@H](c2ccc(Cl)cc2)N(C(c2ccccn2)C2CC2)C1=O. The summed E-state index contributed by atoms with van der Waals surface area (Å²) >= 11 is 12.7. The summed E-state index contributed by atoms with van der Waals surface area (Å²) in [6, 6.07) is 20.5. The Morgan fingerprint density at radius 2 is 1.81 bits per heavy atom.